The fourth-order valence-corrected chi connectivity index (χ4v) is 5.79. The van der Waals surface area contributed by atoms with E-state index in [9.17, 15) is 9.59 Å². The predicted molar refractivity (Wildman–Crippen MR) is 152 cm³/mol. The summed E-state index contributed by atoms with van der Waals surface area (Å²) in [6, 6.07) is 20.0. The first-order valence-corrected chi connectivity index (χ1v) is 13.4. The van der Waals surface area contributed by atoms with E-state index in [1.807, 2.05) is 63.2 Å². The largest absolute Gasteiger partial charge is 0.493 e. The lowest BCUT2D eigenvalue weighted by molar-refractivity contribution is -0.140. The van der Waals surface area contributed by atoms with Crippen LogP contribution in [0.5, 0.6) is 11.5 Å². The van der Waals surface area contributed by atoms with Gasteiger partial charge in [0.2, 0.25) is 0 Å². The Morgan fingerprint density at radius 1 is 0.974 bits per heavy atom. The van der Waals surface area contributed by atoms with Crippen molar-refractivity contribution in [2.75, 3.05) is 20.8 Å². The summed E-state index contributed by atoms with van der Waals surface area (Å²) in [6.45, 7) is 6.24. The smallest absolute Gasteiger partial charge is 0.336 e. The number of allylic oxidation sites excluding steroid dienone is 3. The topological polar surface area (TPSA) is 73.9 Å². The van der Waals surface area contributed by atoms with Gasteiger partial charge >= 0.3 is 5.97 Å². The van der Waals surface area contributed by atoms with Crippen molar-refractivity contribution in [2.45, 2.75) is 45.4 Å². The summed E-state index contributed by atoms with van der Waals surface area (Å²) in [5.41, 5.74) is 4.70. The lowest BCUT2D eigenvalue weighted by atomic mass is 9.71. The molecule has 3 aromatic carbocycles. The molecular formula is C33H35NO5. The number of ether oxygens (including phenoxy) is 3. The van der Waals surface area contributed by atoms with Gasteiger partial charge in [-0.2, -0.15) is 0 Å². The molecule has 0 radical (unpaired) electrons. The summed E-state index contributed by atoms with van der Waals surface area (Å²) in [4.78, 5) is 27.6. The van der Waals surface area contributed by atoms with Crippen molar-refractivity contribution in [1.29, 1.82) is 0 Å². The first kappa shape index (κ1) is 26.5. The van der Waals surface area contributed by atoms with E-state index < -0.39 is 5.92 Å². The monoisotopic (exact) mass is 525 g/mol. The van der Waals surface area contributed by atoms with Gasteiger partial charge in [0.1, 0.15) is 0 Å². The van der Waals surface area contributed by atoms with Gasteiger partial charge in [0.15, 0.2) is 17.3 Å². The van der Waals surface area contributed by atoms with E-state index in [0.717, 1.165) is 33.3 Å². The van der Waals surface area contributed by atoms with E-state index in [1.165, 1.54) is 0 Å². The number of carbonyl (C=O) groups is 2. The molecule has 5 rings (SSSR count). The van der Waals surface area contributed by atoms with Gasteiger partial charge in [-0.15, -0.1) is 0 Å². The van der Waals surface area contributed by atoms with E-state index in [2.05, 4.69) is 23.5 Å². The average molecular weight is 526 g/mol. The molecule has 0 spiro atoms. The highest BCUT2D eigenvalue weighted by Gasteiger charge is 2.42. The molecule has 2 aliphatic rings. The summed E-state index contributed by atoms with van der Waals surface area (Å²) < 4.78 is 16.7. The Morgan fingerprint density at radius 2 is 1.72 bits per heavy atom. The number of esters is 1. The lowest BCUT2D eigenvalue weighted by Gasteiger charge is -2.37. The summed E-state index contributed by atoms with van der Waals surface area (Å²) in [6.07, 6.45) is 0.980. The summed E-state index contributed by atoms with van der Waals surface area (Å²) in [7, 11) is 3.22. The minimum Gasteiger partial charge on any atom is -0.493 e. The Labute approximate surface area is 229 Å². The van der Waals surface area contributed by atoms with Crippen molar-refractivity contribution in [2.24, 2.45) is 5.92 Å². The van der Waals surface area contributed by atoms with Crippen molar-refractivity contribution in [1.82, 2.24) is 5.32 Å². The number of hydrogen-bond acceptors (Lipinski definition) is 6. The fourth-order valence-electron chi connectivity index (χ4n) is 5.79. The first-order valence-electron chi connectivity index (χ1n) is 13.4. The van der Waals surface area contributed by atoms with E-state index in [1.54, 1.807) is 14.2 Å². The zero-order valence-electron chi connectivity index (χ0n) is 23.2. The van der Waals surface area contributed by atoms with Crippen LogP contribution < -0.4 is 14.8 Å². The molecule has 2 atom stereocenters. The van der Waals surface area contributed by atoms with Crippen LogP contribution in [-0.4, -0.2) is 32.6 Å². The van der Waals surface area contributed by atoms with E-state index in [4.69, 9.17) is 14.2 Å². The molecule has 2 unspecified atom stereocenters. The number of ketones is 1. The highest BCUT2D eigenvalue weighted by Crippen LogP contribution is 2.47. The number of benzene rings is 3. The second-order valence-corrected chi connectivity index (χ2v) is 10.7. The van der Waals surface area contributed by atoms with E-state index >= 15 is 0 Å². The molecule has 0 saturated heterocycles. The number of methoxy groups -OCH3 is 2. The molecule has 6 heteroatoms. The highest BCUT2D eigenvalue weighted by molar-refractivity contribution is 6.05. The average Bonchev–Trinajstić information content (AvgIpc) is 2.94. The Kier molecular flexibility index (Phi) is 7.47. The fraction of sp³-hybridized carbons (Fsp3) is 0.333. The standard InChI is InChI=1S/C33H35NO5/c1-19(2)18-39-33(36)30-20(3)34-26-15-23(22-13-14-28(37-4)29(17-22)38-5)16-27(35)32(26)31(30)25-12-8-10-21-9-6-7-11-24(21)25/h6-14,17,19,23,31,34H,15-16,18H2,1-5H3. The third kappa shape index (κ3) is 5.03. The minimum atomic E-state index is -0.508. The maximum Gasteiger partial charge on any atom is 0.336 e. The lowest BCUT2D eigenvalue weighted by Crippen LogP contribution is -2.36. The Balaban J connectivity index is 1.61. The van der Waals surface area contributed by atoms with Crippen molar-refractivity contribution in [3.63, 3.8) is 0 Å². The molecule has 6 nitrogen and oxygen atoms in total. The summed E-state index contributed by atoms with van der Waals surface area (Å²) >= 11 is 0. The van der Waals surface area contributed by atoms with Gasteiger partial charge in [0.25, 0.3) is 0 Å². The van der Waals surface area contributed by atoms with Gasteiger partial charge in [-0.05, 0) is 59.2 Å². The number of Topliss-reactive ketones (excluding diaryl/α,β-unsaturated/α-hetero) is 1. The molecule has 0 amide bonds. The number of rotatable bonds is 7. The number of nitrogens with one attached hydrogen (secondary N) is 1. The zero-order chi connectivity index (χ0) is 27.7. The molecule has 1 aliphatic heterocycles. The molecule has 0 saturated carbocycles. The Hall–Kier alpha value is -4.06. The van der Waals surface area contributed by atoms with Gasteiger partial charge in [-0.25, -0.2) is 4.79 Å². The van der Waals surface area contributed by atoms with Crippen LogP contribution in [-0.2, 0) is 14.3 Å². The number of carbonyl (C=O) groups excluding carboxylic acids is 2. The van der Waals surface area contributed by atoms with Crippen LogP contribution in [0.25, 0.3) is 10.8 Å². The maximum absolute atomic E-state index is 14.0. The van der Waals surface area contributed by atoms with E-state index in [0.29, 0.717) is 42.1 Å². The molecule has 1 aliphatic carbocycles. The Bertz CT molecular complexity index is 1490. The Morgan fingerprint density at radius 3 is 2.46 bits per heavy atom. The molecule has 1 heterocycles. The number of hydrogen-bond donors (Lipinski definition) is 1. The maximum atomic E-state index is 14.0. The SMILES string of the molecule is COc1ccc(C2CC(=O)C3=C(C2)NC(C)=C(C(=O)OCC(C)C)C3c2cccc3ccccc23)cc1OC. The van der Waals surface area contributed by atoms with Crippen molar-refractivity contribution < 1.29 is 23.8 Å². The third-order valence-corrected chi connectivity index (χ3v) is 7.61. The van der Waals surface area contributed by atoms with Crippen LogP contribution in [0.2, 0.25) is 0 Å². The summed E-state index contributed by atoms with van der Waals surface area (Å²) in [5, 5.41) is 5.54. The normalized spacial score (nSPS) is 19.2. The zero-order valence-corrected chi connectivity index (χ0v) is 23.2. The van der Waals surface area contributed by atoms with E-state index in [-0.39, 0.29) is 23.6 Å². The highest BCUT2D eigenvalue weighted by atomic mass is 16.5. The van der Waals surface area contributed by atoms with Crippen LogP contribution >= 0.6 is 0 Å². The van der Waals surface area contributed by atoms with Crippen LogP contribution in [0.1, 0.15) is 56.6 Å². The van der Waals surface area contributed by atoms with Gasteiger partial charge < -0.3 is 19.5 Å². The van der Waals surface area contributed by atoms with Crippen molar-refractivity contribution in [3.05, 3.63) is 94.3 Å². The third-order valence-electron chi connectivity index (χ3n) is 7.61. The molecule has 3 aromatic rings. The van der Waals surface area contributed by atoms with Gasteiger partial charge in [0.05, 0.1) is 26.4 Å². The van der Waals surface area contributed by atoms with Gasteiger partial charge in [-0.1, -0.05) is 62.4 Å². The second kappa shape index (κ2) is 11.0. The summed E-state index contributed by atoms with van der Waals surface area (Å²) in [5.74, 6) is 0.605. The molecule has 202 valence electrons. The van der Waals surface area contributed by atoms with Gasteiger partial charge in [0, 0.05) is 29.3 Å². The quantitative estimate of drug-likeness (QED) is 0.359. The van der Waals surface area contributed by atoms with Crippen LogP contribution in [0, 0.1) is 5.92 Å². The minimum absolute atomic E-state index is 0.0287. The van der Waals surface area contributed by atoms with Crippen LogP contribution in [0.4, 0.5) is 0 Å². The number of dihydropyridines is 1. The first-order chi connectivity index (χ1) is 18.8. The molecule has 39 heavy (non-hydrogen) atoms. The molecule has 0 bridgehead atoms. The molecule has 1 N–H and O–H groups in total. The molecule has 0 aromatic heterocycles. The van der Waals surface area contributed by atoms with Crippen molar-refractivity contribution >= 4 is 22.5 Å². The number of fused-ring (bicyclic) bond motifs is 1. The van der Waals surface area contributed by atoms with Crippen molar-refractivity contribution in [3.8, 4) is 11.5 Å². The van der Waals surface area contributed by atoms with Crippen LogP contribution in [0.3, 0.4) is 0 Å². The molecule has 0 fully saturated rings. The predicted octanol–water partition coefficient (Wildman–Crippen LogP) is 6.42. The second-order valence-electron chi connectivity index (χ2n) is 10.7. The van der Waals surface area contributed by atoms with Gasteiger partial charge in [-0.3, -0.25) is 4.79 Å². The molecular weight excluding hydrogens is 490 g/mol. The van der Waals surface area contributed by atoms with Crippen LogP contribution in [0.15, 0.2) is 83.2 Å².